The SMILES string of the molecule is C[S+](OCCNC(=O)c1cc(N2CCC[C@H]2c2cc(F)cc(F)c2)c2nc(N3CCOCC3)cnc2c1)C(C)(C)C(C)(C)C. The van der Waals surface area contributed by atoms with Gasteiger partial charge in [0.15, 0.2) is 4.75 Å². The number of hydrogen-bond acceptors (Lipinski definition) is 7. The molecule has 2 saturated heterocycles. The van der Waals surface area contributed by atoms with Crippen LogP contribution in [-0.4, -0.2) is 72.9 Å². The lowest BCUT2D eigenvalue weighted by atomic mass is 9.83. The lowest BCUT2D eigenvalue weighted by Crippen LogP contribution is -2.45. The third-order valence-electron chi connectivity index (χ3n) is 9.22. The maximum Gasteiger partial charge on any atom is 0.251 e. The van der Waals surface area contributed by atoms with E-state index in [0.717, 1.165) is 30.4 Å². The smallest absolute Gasteiger partial charge is 0.251 e. The van der Waals surface area contributed by atoms with Crippen molar-refractivity contribution in [3.63, 3.8) is 0 Å². The Labute approximate surface area is 262 Å². The van der Waals surface area contributed by atoms with Gasteiger partial charge in [-0.3, -0.25) is 9.78 Å². The molecule has 2 aliphatic heterocycles. The van der Waals surface area contributed by atoms with E-state index in [0.29, 0.717) is 68.2 Å². The van der Waals surface area contributed by atoms with Crippen molar-refractivity contribution in [3.8, 4) is 0 Å². The fourth-order valence-electron chi connectivity index (χ4n) is 5.56. The number of ether oxygens (including phenoxy) is 1. The Morgan fingerprint density at radius 3 is 2.45 bits per heavy atom. The number of fused-ring (bicyclic) bond motifs is 1. The first-order valence-corrected chi connectivity index (χ1v) is 16.8. The van der Waals surface area contributed by atoms with E-state index in [-0.39, 0.29) is 33.3 Å². The quantitative estimate of drug-likeness (QED) is 0.236. The summed E-state index contributed by atoms with van der Waals surface area (Å²) in [6.07, 6.45) is 5.39. The Hall–Kier alpha value is -3.02. The van der Waals surface area contributed by atoms with Gasteiger partial charge in [0.2, 0.25) is 0 Å². The second-order valence-electron chi connectivity index (χ2n) is 13.0. The van der Waals surface area contributed by atoms with Crippen molar-refractivity contribution < 1.29 is 22.5 Å². The minimum absolute atomic E-state index is 0.0279. The Balaban J connectivity index is 1.43. The summed E-state index contributed by atoms with van der Waals surface area (Å²) in [6.45, 7) is 15.1. The van der Waals surface area contributed by atoms with Crippen LogP contribution in [0.1, 0.15) is 69.4 Å². The molecule has 0 spiro atoms. The highest BCUT2D eigenvalue weighted by atomic mass is 32.2. The summed E-state index contributed by atoms with van der Waals surface area (Å²) in [7, 11) is 0. The predicted octanol–water partition coefficient (Wildman–Crippen LogP) is 5.82. The van der Waals surface area contributed by atoms with Crippen LogP contribution in [0.3, 0.4) is 0 Å². The molecule has 3 aromatic rings. The lowest BCUT2D eigenvalue weighted by molar-refractivity contribution is 0.0947. The number of anilines is 2. The third kappa shape index (κ3) is 6.94. The maximum atomic E-state index is 14.3. The van der Waals surface area contributed by atoms with Crippen molar-refractivity contribution >= 4 is 39.6 Å². The Bertz CT molecular complexity index is 1470. The first-order chi connectivity index (χ1) is 20.8. The summed E-state index contributed by atoms with van der Waals surface area (Å²) in [5.41, 5.74) is 3.04. The number of nitrogens with zero attached hydrogens (tertiary/aromatic N) is 4. The number of nitrogens with one attached hydrogen (secondary N) is 1. The van der Waals surface area contributed by atoms with Crippen LogP contribution in [0.5, 0.6) is 0 Å². The van der Waals surface area contributed by atoms with Gasteiger partial charge in [-0.2, -0.15) is 4.18 Å². The Morgan fingerprint density at radius 2 is 1.77 bits per heavy atom. The molecule has 2 atom stereocenters. The van der Waals surface area contributed by atoms with Gasteiger partial charge in [0.1, 0.15) is 47.0 Å². The molecule has 0 radical (unpaired) electrons. The van der Waals surface area contributed by atoms with Crippen LogP contribution >= 0.6 is 0 Å². The zero-order valence-electron chi connectivity index (χ0n) is 26.6. The van der Waals surface area contributed by atoms with E-state index in [9.17, 15) is 13.6 Å². The molecule has 0 aliphatic carbocycles. The molecule has 0 saturated carbocycles. The van der Waals surface area contributed by atoms with E-state index in [1.54, 1.807) is 12.3 Å². The van der Waals surface area contributed by atoms with Gasteiger partial charge >= 0.3 is 0 Å². The summed E-state index contributed by atoms with van der Waals surface area (Å²) in [5, 5.41) is 3.00. The monoisotopic (exact) mass is 628 g/mol. The molecule has 1 amide bonds. The number of halogens is 2. The van der Waals surface area contributed by atoms with E-state index in [1.165, 1.54) is 12.1 Å². The van der Waals surface area contributed by atoms with Gasteiger partial charge in [-0.15, -0.1) is 0 Å². The van der Waals surface area contributed by atoms with Crippen LogP contribution < -0.4 is 15.1 Å². The van der Waals surface area contributed by atoms with Crippen LogP contribution in [0.4, 0.5) is 20.3 Å². The van der Waals surface area contributed by atoms with Crippen molar-refractivity contribution in [3.05, 3.63) is 59.3 Å². The first-order valence-electron chi connectivity index (χ1n) is 15.3. The highest BCUT2D eigenvalue weighted by molar-refractivity contribution is 7.93. The number of aromatic nitrogens is 2. The molecular formula is C33H44F2N5O3S+. The Kier molecular flexibility index (Phi) is 9.67. The first kappa shape index (κ1) is 32.4. The van der Waals surface area contributed by atoms with Gasteiger partial charge in [-0.05, 0) is 56.5 Å². The molecule has 2 aliphatic rings. The standard InChI is InChI=1S/C33H43F2N5O3S/c1-32(2,3)33(4,5)44(6)43-13-9-36-31(41)23-18-26-30(38-29(21-37-26)39-11-14-42-15-12-39)28(19-23)40-10-7-8-27(40)22-16-24(34)20-25(35)17-22/h16-21,27H,7-15H2,1-6H3/p+1/t27-,44?/m0/s1. The van der Waals surface area contributed by atoms with Crippen molar-refractivity contribution in [1.82, 2.24) is 15.3 Å². The van der Waals surface area contributed by atoms with E-state index in [2.05, 4.69) is 56.0 Å². The molecule has 3 heterocycles. The molecule has 1 unspecified atom stereocenters. The summed E-state index contributed by atoms with van der Waals surface area (Å²) in [4.78, 5) is 27.4. The van der Waals surface area contributed by atoms with E-state index in [1.807, 2.05) is 6.07 Å². The second-order valence-corrected chi connectivity index (χ2v) is 15.2. The molecular weight excluding hydrogens is 584 g/mol. The summed E-state index contributed by atoms with van der Waals surface area (Å²) in [6, 6.07) is 6.98. The number of carbonyl (C=O) groups is 1. The van der Waals surface area contributed by atoms with Gasteiger partial charge < -0.3 is 19.9 Å². The van der Waals surface area contributed by atoms with Crippen molar-refractivity contribution in [2.45, 2.75) is 58.2 Å². The molecule has 2 aromatic carbocycles. The van der Waals surface area contributed by atoms with Gasteiger partial charge in [0.25, 0.3) is 5.91 Å². The molecule has 238 valence electrons. The normalized spacial score (nSPS) is 18.6. The van der Waals surface area contributed by atoms with Crippen LogP contribution in [-0.2, 0) is 20.1 Å². The van der Waals surface area contributed by atoms with Gasteiger partial charge in [-0.25, -0.2) is 13.8 Å². The molecule has 0 bridgehead atoms. The summed E-state index contributed by atoms with van der Waals surface area (Å²) < 4.78 is 40.1. The largest absolute Gasteiger partial charge is 0.378 e. The summed E-state index contributed by atoms with van der Waals surface area (Å²) >= 11 is -0.305. The van der Waals surface area contributed by atoms with Crippen molar-refractivity contribution in [1.29, 1.82) is 0 Å². The molecule has 8 nitrogen and oxygen atoms in total. The zero-order chi connectivity index (χ0) is 31.6. The zero-order valence-corrected chi connectivity index (χ0v) is 27.4. The summed E-state index contributed by atoms with van der Waals surface area (Å²) in [5.74, 6) is -0.726. The average Bonchev–Trinajstić information content (AvgIpc) is 3.47. The molecule has 44 heavy (non-hydrogen) atoms. The minimum atomic E-state index is -0.609. The highest BCUT2D eigenvalue weighted by Crippen LogP contribution is 2.40. The maximum absolute atomic E-state index is 14.3. The number of carbonyl (C=O) groups excluding carboxylic acids is 1. The van der Waals surface area contributed by atoms with Gasteiger partial charge in [-0.1, -0.05) is 20.8 Å². The van der Waals surface area contributed by atoms with Crippen LogP contribution in [0.2, 0.25) is 0 Å². The molecule has 1 N–H and O–H groups in total. The lowest BCUT2D eigenvalue weighted by Gasteiger charge is -2.34. The van der Waals surface area contributed by atoms with E-state index < -0.39 is 11.6 Å². The predicted molar refractivity (Wildman–Crippen MR) is 173 cm³/mol. The van der Waals surface area contributed by atoms with E-state index >= 15 is 0 Å². The fourth-order valence-corrected chi connectivity index (χ4v) is 7.05. The fraction of sp³-hybridized carbons (Fsp3) is 0.545. The minimum Gasteiger partial charge on any atom is -0.378 e. The number of benzene rings is 2. The number of rotatable bonds is 9. The van der Waals surface area contributed by atoms with Crippen LogP contribution in [0.15, 0.2) is 36.5 Å². The van der Waals surface area contributed by atoms with Gasteiger partial charge in [0, 0.05) is 43.2 Å². The van der Waals surface area contributed by atoms with Crippen LogP contribution in [0, 0.1) is 17.0 Å². The molecule has 11 heteroatoms. The van der Waals surface area contributed by atoms with Crippen molar-refractivity contribution in [2.75, 3.05) is 62.1 Å². The van der Waals surface area contributed by atoms with E-state index in [4.69, 9.17) is 18.9 Å². The number of morpholine rings is 1. The molecule has 1 aromatic heterocycles. The third-order valence-corrected chi connectivity index (χ3v) is 11.8. The van der Waals surface area contributed by atoms with Gasteiger partial charge in [0.05, 0.1) is 36.7 Å². The average molecular weight is 629 g/mol. The number of hydrogen-bond donors (Lipinski definition) is 1. The highest BCUT2D eigenvalue weighted by Gasteiger charge is 2.47. The topological polar surface area (TPSA) is 79.8 Å². The molecule has 5 rings (SSSR count). The molecule has 2 fully saturated rings. The Morgan fingerprint density at radius 1 is 1.07 bits per heavy atom. The van der Waals surface area contributed by atoms with Crippen LogP contribution in [0.25, 0.3) is 11.0 Å². The van der Waals surface area contributed by atoms with Crippen molar-refractivity contribution in [2.24, 2.45) is 5.41 Å². The number of amides is 1. The second kappa shape index (κ2) is 13.1.